The van der Waals surface area contributed by atoms with Crippen LogP contribution >= 0.6 is 0 Å². The minimum absolute atomic E-state index is 0.245. The number of hydrogen-bond donors (Lipinski definition) is 0. The van der Waals surface area contributed by atoms with Crippen LogP contribution in [0, 0.1) is 0 Å². The highest BCUT2D eigenvalue weighted by molar-refractivity contribution is 6.89. The van der Waals surface area contributed by atoms with Crippen molar-refractivity contribution in [3.8, 4) is 22.3 Å². The van der Waals surface area contributed by atoms with E-state index in [0.29, 0.717) is 0 Å². The average molecular weight is 899 g/mol. The fourth-order valence-corrected chi connectivity index (χ4v) is 12.8. The van der Waals surface area contributed by atoms with Crippen molar-refractivity contribution in [1.82, 2.24) is 0 Å². The van der Waals surface area contributed by atoms with E-state index in [-0.39, 0.29) is 5.41 Å². The lowest BCUT2D eigenvalue weighted by molar-refractivity contribution is 0.661. The molecule has 0 amide bonds. The molecule has 0 radical (unpaired) electrons. The maximum Gasteiger partial charge on any atom is 0.0775 e. The standard InChI is InChI=1S/C63H58N2Si2/c1-63(2)60-41-53(65(50-31-36-55(37-32-50)67(6,7)8)52-28-22-44-16-10-12-18-47(44)40-52)33-38-58(60)62-57-20-14-13-19-56(57)59(42-61(62)63)45-23-25-48(26-24-45)64(49-29-34-54(35-30-49)66(3,4)5)51-27-21-43-15-9-11-17-46(43)39-51/h9-42H,1-8H3. The molecule has 0 atom stereocenters. The van der Waals surface area contributed by atoms with E-state index in [1.54, 1.807) is 0 Å². The molecule has 0 aromatic heterocycles. The fourth-order valence-electron chi connectivity index (χ4n) is 10.5. The molecule has 2 nitrogen and oxygen atoms in total. The summed E-state index contributed by atoms with van der Waals surface area (Å²) < 4.78 is 0. The molecule has 0 heterocycles. The lowest BCUT2D eigenvalue weighted by Gasteiger charge is -2.29. The molecule has 0 spiro atoms. The van der Waals surface area contributed by atoms with Gasteiger partial charge in [0.25, 0.3) is 0 Å². The number of fused-ring (bicyclic) bond motifs is 7. The van der Waals surface area contributed by atoms with Gasteiger partial charge in [-0.3, -0.25) is 0 Å². The molecule has 0 unspecified atom stereocenters. The Hall–Kier alpha value is -6.99. The highest BCUT2D eigenvalue weighted by Crippen LogP contribution is 2.55. The van der Waals surface area contributed by atoms with Crippen molar-refractivity contribution in [2.75, 3.05) is 9.80 Å². The monoisotopic (exact) mass is 898 g/mol. The zero-order chi connectivity index (χ0) is 46.2. The molecular weight excluding hydrogens is 841 g/mol. The third-order valence-corrected chi connectivity index (χ3v) is 18.5. The molecule has 0 saturated carbocycles. The molecule has 328 valence electrons. The summed E-state index contributed by atoms with van der Waals surface area (Å²) in [7, 11) is -2.94. The predicted molar refractivity (Wildman–Crippen MR) is 297 cm³/mol. The van der Waals surface area contributed by atoms with Gasteiger partial charge < -0.3 is 9.80 Å². The second-order valence-electron chi connectivity index (χ2n) is 21.1. The van der Waals surface area contributed by atoms with Gasteiger partial charge in [0.05, 0.1) is 16.1 Å². The first-order chi connectivity index (χ1) is 32.2. The summed E-state index contributed by atoms with van der Waals surface area (Å²) in [5.74, 6) is 0. The van der Waals surface area contributed by atoms with Gasteiger partial charge >= 0.3 is 0 Å². The molecule has 0 bridgehead atoms. The van der Waals surface area contributed by atoms with Crippen LogP contribution in [0.3, 0.4) is 0 Å². The largest absolute Gasteiger partial charge is 0.310 e. The molecule has 1 aliphatic carbocycles. The van der Waals surface area contributed by atoms with Crippen molar-refractivity contribution in [3.63, 3.8) is 0 Å². The van der Waals surface area contributed by atoms with Gasteiger partial charge in [-0.05, 0) is 145 Å². The maximum absolute atomic E-state index is 2.50. The van der Waals surface area contributed by atoms with Crippen molar-refractivity contribution >= 4 is 93.0 Å². The lowest BCUT2D eigenvalue weighted by atomic mass is 9.80. The van der Waals surface area contributed by atoms with Crippen molar-refractivity contribution in [2.24, 2.45) is 0 Å². The lowest BCUT2D eigenvalue weighted by Crippen LogP contribution is -2.37. The van der Waals surface area contributed by atoms with Gasteiger partial charge in [0.1, 0.15) is 0 Å². The van der Waals surface area contributed by atoms with Gasteiger partial charge in [-0.15, -0.1) is 0 Å². The molecule has 0 saturated heterocycles. The first kappa shape index (κ1) is 42.6. The van der Waals surface area contributed by atoms with Crippen LogP contribution in [0.1, 0.15) is 25.0 Å². The Morgan fingerprint density at radius 1 is 0.328 bits per heavy atom. The smallest absolute Gasteiger partial charge is 0.0775 e. The zero-order valence-electron chi connectivity index (χ0n) is 40.0. The van der Waals surface area contributed by atoms with E-state index in [1.807, 2.05) is 0 Å². The van der Waals surface area contributed by atoms with E-state index in [2.05, 4.69) is 269 Å². The summed E-state index contributed by atoms with van der Waals surface area (Å²) in [6.07, 6.45) is 0. The molecule has 0 N–H and O–H groups in total. The van der Waals surface area contributed by atoms with Gasteiger partial charge in [0.15, 0.2) is 0 Å². The molecule has 11 rings (SSSR count). The molecule has 0 aliphatic heterocycles. The second kappa shape index (κ2) is 16.1. The van der Waals surface area contributed by atoms with Gasteiger partial charge in [-0.25, -0.2) is 0 Å². The van der Waals surface area contributed by atoms with Crippen LogP contribution in [0.2, 0.25) is 39.3 Å². The van der Waals surface area contributed by atoms with E-state index >= 15 is 0 Å². The van der Waals surface area contributed by atoms with Gasteiger partial charge in [0.2, 0.25) is 0 Å². The van der Waals surface area contributed by atoms with Crippen LogP contribution in [0.5, 0.6) is 0 Å². The Morgan fingerprint density at radius 3 is 1.24 bits per heavy atom. The van der Waals surface area contributed by atoms with Crippen molar-refractivity contribution < 1.29 is 0 Å². The highest BCUT2D eigenvalue weighted by Gasteiger charge is 2.38. The number of anilines is 6. The predicted octanol–water partition coefficient (Wildman–Crippen LogP) is 17.1. The van der Waals surface area contributed by atoms with Crippen LogP contribution in [-0.2, 0) is 5.41 Å². The minimum Gasteiger partial charge on any atom is -0.310 e. The fraction of sp³-hybridized carbons (Fsp3) is 0.143. The number of rotatable bonds is 9. The van der Waals surface area contributed by atoms with Crippen LogP contribution in [0.4, 0.5) is 34.1 Å². The quantitative estimate of drug-likeness (QED) is 0.133. The molecule has 67 heavy (non-hydrogen) atoms. The summed E-state index contributed by atoms with van der Waals surface area (Å²) in [5.41, 5.74) is 14.6. The third-order valence-electron chi connectivity index (χ3n) is 14.3. The summed E-state index contributed by atoms with van der Waals surface area (Å²) in [5, 5.41) is 10.5. The first-order valence-corrected chi connectivity index (χ1v) is 30.8. The Labute approximate surface area is 398 Å². The Balaban J connectivity index is 1.01. The number of benzene rings is 10. The Kier molecular flexibility index (Phi) is 10.3. The topological polar surface area (TPSA) is 6.48 Å². The zero-order valence-corrected chi connectivity index (χ0v) is 42.0. The summed E-state index contributed by atoms with van der Waals surface area (Å²) >= 11 is 0. The second-order valence-corrected chi connectivity index (χ2v) is 31.3. The summed E-state index contributed by atoms with van der Waals surface area (Å²) in [6.45, 7) is 19.3. The number of hydrogen-bond acceptors (Lipinski definition) is 2. The molecule has 10 aromatic carbocycles. The van der Waals surface area contributed by atoms with E-state index in [9.17, 15) is 0 Å². The van der Waals surface area contributed by atoms with Gasteiger partial charge in [0, 0.05) is 39.5 Å². The van der Waals surface area contributed by atoms with Gasteiger partial charge in [-0.1, -0.05) is 191 Å². The van der Waals surface area contributed by atoms with E-state index in [4.69, 9.17) is 0 Å². The van der Waals surface area contributed by atoms with Crippen LogP contribution in [0.25, 0.3) is 54.6 Å². The molecule has 1 aliphatic rings. The molecular formula is C63H58N2Si2. The van der Waals surface area contributed by atoms with Crippen molar-refractivity contribution in [1.29, 1.82) is 0 Å². The van der Waals surface area contributed by atoms with Crippen LogP contribution in [-0.4, -0.2) is 16.1 Å². The molecule has 10 aromatic rings. The Bertz CT molecular complexity index is 3500. The van der Waals surface area contributed by atoms with Crippen LogP contribution < -0.4 is 20.2 Å². The van der Waals surface area contributed by atoms with E-state index < -0.39 is 16.1 Å². The Morgan fingerprint density at radius 2 is 0.731 bits per heavy atom. The normalized spacial score (nSPS) is 13.2. The minimum atomic E-state index is -1.48. The third kappa shape index (κ3) is 7.59. The SMILES string of the molecule is CC1(C)c2cc(N(c3ccc([Si](C)(C)C)cc3)c3ccc4ccccc4c3)ccc2-c2c1cc(-c1ccc(N(c3ccc([Si](C)(C)C)cc3)c3ccc4ccccc4c3)cc1)c1ccccc21. The van der Waals surface area contributed by atoms with Crippen molar-refractivity contribution in [2.45, 2.75) is 58.5 Å². The van der Waals surface area contributed by atoms with Gasteiger partial charge in [-0.2, -0.15) is 0 Å². The number of nitrogens with zero attached hydrogens (tertiary/aromatic N) is 2. The van der Waals surface area contributed by atoms with Crippen molar-refractivity contribution in [3.05, 3.63) is 217 Å². The van der Waals surface area contributed by atoms with E-state index in [0.717, 1.165) is 22.7 Å². The van der Waals surface area contributed by atoms with E-state index in [1.165, 1.54) is 87.4 Å². The maximum atomic E-state index is 2.50. The summed E-state index contributed by atoms with van der Waals surface area (Å²) in [6, 6.07) is 77.7. The average Bonchev–Trinajstić information content (AvgIpc) is 3.56. The van der Waals surface area contributed by atoms with Crippen LogP contribution in [0.15, 0.2) is 206 Å². The molecule has 4 heteroatoms. The highest BCUT2D eigenvalue weighted by atomic mass is 28.3. The molecule has 0 fully saturated rings. The first-order valence-electron chi connectivity index (χ1n) is 23.8. The summed E-state index contributed by atoms with van der Waals surface area (Å²) in [4.78, 5) is 4.86.